The molecular weight excluding hydrogens is 250 g/mol. The minimum Gasteiger partial charge on any atom is -0.391 e. The number of aliphatic hydroxyl groups is 1. The predicted molar refractivity (Wildman–Crippen MR) is 69.0 cm³/mol. The van der Waals surface area contributed by atoms with E-state index >= 15 is 0 Å². The molecule has 1 aliphatic heterocycles. The van der Waals surface area contributed by atoms with Crippen molar-refractivity contribution in [1.82, 2.24) is 4.90 Å². The highest BCUT2D eigenvalue weighted by atomic mass is 16.6. The van der Waals surface area contributed by atoms with Gasteiger partial charge in [-0.15, -0.1) is 0 Å². The molecule has 2 rings (SSSR count). The summed E-state index contributed by atoms with van der Waals surface area (Å²) in [7, 11) is 0. The zero-order valence-corrected chi connectivity index (χ0v) is 10.5. The highest BCUT2D eigenvalue weighted by Gasteiger charge is 2.24. The van der Waals surface area contributed by atoms with Crippen molar-refractivity contribution in [3.63, 3.8) is 0 Å². The number of aryl methyl sites for hydroxylation is 1. The number of hydrogen-bond donors (Lipinski definition) is 2. The number of aliphatic hydroxyl groups excluding tert-OH is 1. The Hall–Kier alpha value is -2.15. The molecule has 0 aromatic heterocycles. The van der Waals surface area contributed by atoms with Crippen molar-refractivity contribution in [3.8, 4) is 0 Å². The van der Waals surface area contributed by atoms with Crippen LogP contribution in [0, 0.1) is 17.0 Å². The second-order valence-corrected chi connectivity index (χ2v) is 4.58. The van der Waals surface area contributed by atoms with Crippen molar-refractivity contribution >= 4 is 17.4 Å². The van der Waals surface area contributed by atoms with E-state index in [1.807, 2.05) is 0 Å². The summed E-state index contributed by atoms with van der Waals surface area (Å²) in [5.74, 6) is 0. The van der Waals surface area contributed by atoms with Gasteiger partial charge < -0.3 is 15.3 Å². The minimum absolute atomic E-state index is 0.0285. The number of hydrogen-bond acceptors (Lipinski definition) is 4. The molecule has 7 heteroatoms. The van der Waals surface area contributed by atoms with Gasteiger partial charge in [-0.2, -0.15) is 0 Å². The second-order valence-electron chi connectivity index (χ2n) is 4.58. The van der Waals surface area contributed by atoms with E-state index in [2.05, 4.69) is 5.32 Å². The normalized spacial score (nSPS) is 18.4. The predicted octanol–water partition coefficient (Wildman–Crippen LogP) is 1.50. The van der Waals surface area contributed by atoms with Crippen LogP contribution in [-0.4, -0.2) is 40.2 Å². The highest BCUT2D eigenvalue weighted by Crippen LogP contribution is 2.22. The topological polar surface area (TPSA) is 95.7 Å². The lowest BCUT2D eigenvalue weighted by Gasteiger charge is -2.16. The van der Waals surface area contributed by atoms with Crippen LogP contribution in [0.15, 0.2) is 18.2 Å². The molecule has 1 aliphatic rings. The third kappa shape index (κ3) is 3.00. The first-order valence-corrected chi connectivity index (χ1v) is 5.96. The molecule has 1 aromatic rings. The molecule has 102 valence electrons. The molecule has 1 fully saturated rings. The first kappa shape index (κ1) is 13.3. The lowest BCUT2D eigenvalue weighted by Crippen LogP contribution is -2.33. The average molecular weight is 265 g/mol. The molecule has 0 saturated carbocycles. The number of amides is 2. The molecule has 2 amide bonds. The van der Waals surface area contributed by atoms with Crippen LogP contribution in [0.1, 0.15) is 12.0 Å². The molecule has 0 radical (unpaired) electrons. The fraction of sp³-hybridized carbons (Fsp3) is 0.417. The fourth-order valence-electron chi connectivity index (χ4n) is 2.01. The molecule has 0 aliphatic carbocycles. The maximum atomic E-state index is 11.9. The molecule has 2 N–H and O–H groups in total. The number of anilines is 1. The number of urea groups is 1. The van der Waals surface area contributed by atoms with Gasteiger partial charge in [-0.1, -0.05) is 6.07 Å². The van der Waals surface area contributed by atoms with Crippen LogP contribution >= 0.6 is 0 Å². The maximum Gasteiger partial charge on any atom is 0.321 e. The van der Waals surface area contributed by atoms with Gasteiger partial charge in [0.05, 0.1) is 11.0 Å². The molecular formula is C12H15N3O4. The summed E-state index contributed by atoms with van der Waals surface area (Å²) in [5.41, 5.74) is 0.891. The summed E-state index contributed by atoms with van der Waals surface area (Å²) in [6, 6.07) is 4.19. The van der Waals surface area contributed by atoms with Crippen molar-refractivity contribution < 1.29 is 14.8 Å². The highest BCUT2D eigenvalue weighted by molar-refractivity contribution is 5.90. The number of nitro benzene ring substituents is 1. The molecule has 1 heterocycles. The molecule has 0 unspecified atom stereocenters. The first-order chi connectivity index (χ1) is 8.97. The van der Waals surface area contributed by atoms with E-state index in [0.717, 1.165) is 0 Å². The third-order valence-corrected chi connectivity index (χ3v) is 3.11. The van der Waals surface area contributed by atoms with Gasteiger partial charge in [0.15, 0.2) is 0 Å². The smallest absolute Gasteiger partial charge is 0.321 e. The first-order valence-electron chi connectivity index (χ1n) is 5.96. The number of β-amino-alcohol motifs (C(OH)–C–C–N with tert-alkyl or cyclic N) is 1. The Morgan fingerprint density at radius 3 is 2.89 bits per heavy atom. The largest absolute Gasteiger partial charge is 0.391 e. The van der Waals surface area contributed by atoms with Crippen LogP contribution in [0.25, 0.3) is 0 Å². The number of likely N-dealkylation sites (tertiary alicyclic amines) is 1. The number of nitro groups is 1. The van der Waals surface area contributed by atoms with Crippen molar-refractivity contribution in [1.29, 1.82) is 0 Å². The molecule has 0 spiro atoms. The monoisotopic (exact) mass is 265 g/mol. The van der Waals surface area contributed by atoms with E-state index in [4.69, 9.17) is 0 Å². The van der Waals surface area contributed by atoms with Crippen molar-refractivity contribution in [2.75, 3.05) is 18.4 Å². The van der Waals surface area contributed by atoms with Gasteiger partial charge in [-0.25, -0.2) is 4.79 Å². The zero-order valence-electron chi connectivity index (χ0n) is 10.5. The van der Waals surface area contributed by atoms with Crippen molar-refractivity contribution in [2.45, 2.75) is 19.4 Å². The van der Waals surface area contributed by atoms with Gasteiger partial charge in [0.1, 0.15) is 0 Å². The van der Waals surface area contributed by atoms with E-state index in [9.17, 15) is 20.0 Å². The molecule has 1 atom stereocenters. The maximum absolute atomic E-state index is 11.9. The Bertz CT molecular complexity index is 518. The van der Waals surface area contributed by atoms with E-state index in [1.54, 1.807) is 19.1 Å². The third-order valence-electron chi connectivity index (χ3n) is 3.11. The van der Waals surface area contributed by atoms with Crippen LogP contribution < -0.4 is 5.32 Å². The SMILES string of the molecule is Cc1ccc(NC(=O)N2CC[C@@H](O)C2)cc1[N+](=O)[O-]. The lowest BCUT2D eigenvalue weighted by molar-refractivity contribution is -0.385. The molecule has 1 aromatic carbocycles. The number of carbonyl (C=O) groups is 1. The van der Waals surface area contributed by atoms with Crippen LogP contribution in [0.5, 0.6) is 0 Å². The van der Waals surface area contributed by atoms with E-state index in [-0.39, 0.29) is 11.7 Å². The molecule has 7 nitrogen and oxygen atoms in total. The fourth-order valence-corrected chi connectivity index (χ4v) is 2.01. The Labute approximate surface area is 110 Å². The Balaban J connectivity index is 2.09. The quantitative estimate of drug-likeness (QED) is 0.625. The summed E-state index contributed by atoms with van der Waals surface area (Å²) < 4.78 is 0. The van der Waals surface area contributed by atoms with Gasteiger partial charge in [0.25, 0.3) is 5.69 Å². The average Bonchev–Trinajstić information content (AvgIpc) is 2.78. The number of nitrogens with one attached hydrogen (secondary N) is 1. The van der Waals surface area contributed by atoms with Crippen LogP contribution in [0.3, 0.4) is 0 Å². The molecule has 0 bridgehead atoms. The Morgan fingerprint density at radius 2 is 2.32 bits per heavy atom. The number of carbonyl (C=O) groups excluding carboxylic acids is 1. The second kappa shape index (κ2) is 5.23. The summed E-state index contributed by atoms with van der Waals surface area (Å²) in [5, 5.41) is 22.8. The number of rotatable bonds is 2. The van der Waals surface area contributed by atoms with Crippen LogP contribution in [-0.2, 0) is 0 Å². The Morgan fingerprint density at radius 1 is 1.58 bits per heavy atom. The zero-order chi connectivity index (χ0) is 14.0. The standard InChI is InChI=1S/C12H15N3O4/c1-8-2-3-9(6-11(8)15(18)19)13-12(17)14-5-4-10(16)7-14/h2-3,6,10,16H,4-5,7H2,1H3,(H,13,17)/t10-/m1/s1. The summed E-state index contributed by atoms with van der Waals surface area (Å²) >= 11 is 0. The Kier molecular flexibility index (Phi) is 3.66. The van der Waals surface area contributed by atoms with Gasteiger partial charge in [0.2, 0.25) is 0 Å². The van der Waals surface area contributed by atoms with E-state index in [0.29, 0.717) is 30.8 Å². The lowest BCUT2D eigenvalue weighted by atomic mass is 10.2. The van der Waals surface area contributed by atoms with Gasteiger partial charge in [-0.05, 0) is 19.4 Å². The molecule has 1 saturated heterocycles. The van der Waals surface area contributed by atoms with E-state index < -0.39 is 11.0 Å². The van der Waals surface area contributed by atoms with Crippen LogP contribution in [0.2, 0.25) is 0 Å². The summed E-state index contributed by atoms with van der Waals surface area (Å²) in [6.07, 6.45) is 0.0691. The summed E-state index contributed by atoms with van der Waals surface area (Å²) in [4.78, 5) is 23.7. The summed E-state index contributed by atoms with van der Waals surface area (Å²) in [6.45, 7) is 2.42. The van der Waals surface area contributed by atoms with Gasteiger partial charge in [0, 0.05) is 30.4 Å². The molecule has 19 heavy (non-hydrogen) atoms. The minimum atomic E-state index is -0.488. The number of nitrogens with zero attached hydrogens (tertiary/aromatic N) is 2. The number of benzene rings is 1. The van der Waals surface area contributed by atoms with Gasteiger partial charge in [-0.3, -0.25) is 10.1 Å². The van der Waals surface area contributed by atoms with Crippen molar-refractivity contribution in [3.05, 3.63) is 33.9 Å². The van der Waals surface area contributed by atoms with E-state index in [1.165, 1.54) is 11.0 Å². The van der Waals surface area contributed by atoms with Gasteiger partial charge >= 0.3 is 6.03 Å². The van der Waals surface area contributed by atoms with Crippen LogP contribution in [0.4, 0.5) is 16.2 Å². The van der Waals surface area contributed by atoms with Crippen molar-refractivity contribution in [2.24, 2.45) is 0 Å².